The number of hydrogen-bond donors (Lipinski definition) is 1. The zero-order valence-corrected chi connectivity index (χ0v) is 10.8. The Bertz CT molecular complexity index is 486. The van der Waals surface area contributed by atoms with E-state index in [-0.39, 0.29) is 12.3 Å². The first-order valence-electron chi connectivity index (χ1n) is 6.25. The van der Waals surface area contributed by atoms with Gasteiger partial charge in [0.15, 0.2) is 0 Å². The van der Waals surface area contributed by atoms with Crippen LogP contribution in [0, 0.1) is 6.92 Å². The molecule has 5 heteroatoms. The number of rotatable bonds is 3. The fraction of sp³-hybridized carbons (Fsp3) is 0.429. The highest BCUT2D eigenvalue weighted by Gasteiger charge is 2.26. The van der Waals surface area contributed by atoms with Crippen molar-refractivity contribution in [1.29, 1.82) is 0 Å². The topological polar surface area (TPSA) is 66.8 Å². The maximum Gasteiger partial charge on any atom is 0.306 e. The number of carboxylic acid groups (broad SMARTS) is 1. The number of aliphatic carboxylic acids is 1. The van der Waals surface area contributed by atoms with Crippen LogP contribution >= 0.6 is 0 Å². The maximum atomic E-state index is 12.3. The van der Waals surface area contributed by atoms with Crippen LogP contribution in [0.25, 0.3) is 0 Å². The number of hydrogen-bond acceptors (Lipinski definition) is 3. The van der Waals surface area contributed by atoms with E-state index in [4.69, 9.17) is 9.84 Å². The SMILES string of the molecule is Cc1cccc(C(=O)N2CCO[C@@H](CC(=O)O)C2)c1. The van der Waals surface area contributed by atoms with Gasteiger partial charge in [-0.15, -0.1) is 0 Å². The number of carbonyl (C=O) groups is 2. The molecule has 0 bridgehead atoms. The number of carbonyl (C=O) groups excluding carboxylic acids is 1. The Hall–Kier alpha value is -1.88. The van der Waals surface area contributed by atoms with E-state index in [1.165, 1.54) is 0 Å². The van der Waals surface area contributed by atoms with E-state index in [0.717, 1.165) is 5.56 Å². The molecule has 1 aromatic rings. The van der Waals surface area contributed by atoms with E-state index >= 15 is 0 Å². The van der Waals surface area contributed by atoms with Crippen molar-refractivity contribution in [2.24, 2.45) is 0 Å². The average Bonchev–Trinajstić information content (AvgIpc) is 2.37. The van der Waals surface area contributed by atoms with Crippen LogP contribution < -0.4 is 0 Å². The van der Waals surface area contributed by atoms with E-state index in [0.29, 0.717) is 25.3 Å². The molecule has 1 aromatic carbocycles. The number of benzene rings is 1. The van der Waals surface area contributed by atoms with Crippen molar-refractivity contribution >= 4 is 11.9 Å². The van der Waals surface area contributed by atoms with Crippen molar-refractivity contribution in [3.05, 3.63) is 35.4 Å². The molecule has 1 aliphatic rings. The van der Waals surface area contributed by atoms with Gasteiger partial charge in [-0.2, -0.15) is 0 Å². The van der Waals surface area contributed by atoms with E-state index in [1.807, 2.05) is 25.1 Å². The third kappa shape index (κ3) is 3.54. The van der Waals surface area contributed by atoms with Crippen molar-refractivity contribution < 1.29 is 19.4 Å². The van der Waals surface area contributed by atoms with Gasteiger partial charge in [-0.25, -0.2) is 0 Å². The maximum absolute atomic E-state index is 12.3. The molecule has 102 valence electrons. The molecule has 1 saturated heterocycles. The Morgan fingerprint density at radius 1 is 1.47 bits per heavy atom. The standard InChI is InChI=1S/C14H17NO4/c1-10-3-2-4-11(7-10)14(18)15-5-6-19-12(9-15)8-13(16)17/h2-4,7,12H,5-6,8-9H2,1H3,(H,16,17)/t12-/m0/s1. The molecule has 0 aliphatic carbocycles. The van der Waals surface area contributed by atoms with Gasteiger partial charge in [0, 0.05) is 18.7 Å². The van der Waals surface area contributed by atoms with Crippen LogP contribution in [0.15, 0.2) is 24.3 Å². The summed E-state index contributed by atoms with van der Waals surface area (Å²) in [6, 6.07) is 7.39. The molecule has 19 heavy (non-hydrogen) atoms. The number of nitrogens with zero attached hydrogens (tertiary/aromatic N) is 1. The summed E-state index contributed by atoms with van der Waals surface area (Å²) in [7, 11) is 0. The summed E-state index contributed by atoms with van der Waals surface area (Å²) in [6.07, 6.45) is -0.488. The highest BCUT2D eigenvalue weighted by molar-refractivity contribution is 5.94. The largest absolute Gasteiger partial charge is 0.481 e. The van der Waals surface area contributed by atoms with E-state index < -0.39 is 12.1 Å². The quantitative estimate of drug-likeness (QED) is 0.893. The molecule has 1 fully saturated rings. The minimum Gasteiger partial charge on any atom is -0.481 e. The molecule has 0 spiro atoms. The van der Waals surface area contributed by atoms with Crippen LogP contribution in [0.1, 0.15) is 22.3 Å². The summed E-state index contributed by atoms with van der Waals surface area (Å²) >= 11 is 0. The summed E-state index contributed by atoms with van der Waals surface area (Å²) in [5.41, 5.74) is 1.66. The highest BCUT2D eigenvalue weighted by atomic mass is 16.5. The Morgan fingerprint density at radius 3 is 2.95 bits per heavy atom. The molecule has 5 nitrogen and oxygen atoms in total. The van der Waals surface area contributed by atoms with Crippen LogP contribution in [0.3, 0.4) is 0 Å². The molecular weight excluding hydrogens is 246 g/mol. The Labute approximate surface area is 111 Å². The molecule has 0 radical (unpaired) electrons. The first kappa shape index (κ1) is 13.5. The van der Waals surface area contributed by atoms with Gasteiger partial charge in [0.05, 0.1) is 19.1 Å². The molecule has 0 unspecified atom stereocenters. The summed E-state index contributed by atoms with van der Waals surface area (Å²) in [6.45, 7) is 3.15. The molecule has 2 rings (SSSR count). The van der Waals surface area contributed by atoms with E-state index in [2.05, 4.69) is 0 Å². The summed E-state index contributed by atoms with van der Waals surface area (Å²) in [5, 5.41) is 8.76. The fourth-order valence-electron chi connectivity index (χ4n) is 2.18. The van der Waals surface area contributed by atoms with Crippen molar-refractivity contribution in [2.45, 2.75) is 19.4 Å². The van der Waals surface area contributed by atoms with Crippen molar-refractivity contribution in [3.63, 3.8) is 0 Å². The van der Waals surface area contributed by atoms with Crippen LogP contribution in [0.2, 0.25) is 0 Å². The molecular formula is C14H17NO4. The zero-order valence-electron chi connectivity index (χ0n) is 10.8. The van der Waals surface area contributed by atoms with Gasteiger partial charge in [0.25, 0.3) is 5.91 Å². The third-order valence-electron chi connectivity index (χ3n) is 3.09. The van der Waals surface area contributed by atoms with E-state index in [1.54, 1.807) is 11.0 Å². The molecule has 0 saturated carbocycles. The van der Waals surface area contributed by atoms with Crippen molar-refractivity contribution in [1.82, 2.24) is 4.90 Å². The second-order valence-electron chi connectivity index (χ2n) is 4.71. The summed E-state index contributed by atoms with van der Waals surface area (Å²) < 4.78 is 5.35. The monoisotopic (exact) mass is 263 g/mol. The normalized spacial score (nSPS) is 19.2. The second kappa shape index (κ2) is 5.84. The van der Waals surface area contributed by atoms with Crippen LogP contribution in [-0.4, -0.2) is 47.7 Å². The van der Waals surface area contributed by atoms with Gasteiger partial charge >= 0.3 is 5.97 Å². The van der Waals surface area contributed by atoms with Gasteiger partial charge in [0.1, 0.15) is 0 Å². The molecule has 1 aliphatic heterocycles. The number of ether oxygens (including phenoxy) is 1. The third-order valence-corrected chi connectivity index (χ3v) is 3.09. The fourth-order valence-corrected chi connectivity index (χ4v) is 2.18. The van der Waals surface area contributed by atoms with E-state index in [9.17, 15) is 9.59 Å². The predicted octanol–water partition coefficient (Wildman–Crippen LogP) is 1.31. The zero-order chi connectivity index (χ0) is 13.8. The molecule has 1 atom stereocenters. The van der Waals surface area contributed by atoms with Gasteiger partial charge in [0.2, 0.25) is 0 Å². The summed E-state index contributed by atoms with van der Waals surface area (Å²) in [4.78, 5) is 24.6. The first-order chi connectivity index (χ1) is 9.06. The lowest BCUT2D eigenvalue weighted by Gasteiger charge is -2.32. The van der Waals surface area contributed by atoms with Crippen LogP contribution in [0.5, 0.6) is 0 Å². The molecule has 1 heterocycles. The number of carboxylic acids is 1. The van der Waals surface area contributed by atoms with Gasteiger partial charge < -0.3 is 14.7 Å². The van der Waals surface area contributed by atoms with Gasteiger partial charge in [-0.3, -0.25) is 9.59 Å². The lowest BCUT2D eigenvalue weighted by molar-refractivity contribution is -0.141. The highest BCUT2D eigenvalue weighted by Crippen LogP contribution is 2.13. The minimum absolute atomic E-state index is 0.0672. The Kier molecular flexibility index (Phi) is 4.16. The molecule has 0 aromatic heterocycles. The first-order valence-corrected chi connectivity index (χ1v) is 6.25. The van der Waals surface area contributed by atoms with Crippen molar-refractivity contribution in [2.75, 3.05) is 19.7 Å². The van der Waals surface area contributed by atoms with Gasteiger partial charge in [-0.1, -0.05) is 17.7 Å². The van der Waals surface area contributed by atoms with Crippen LogP contribution in [-0.2, 0) is 9.53 Å². The molecule has 1 amide bonds. The Morgan fingerprint density at radius 2 is 2.26 bits per heavy atom. The predicted molar refractivity (Wildman–Crippen MR) is 69.1 cm³/mol. The lowest BCUT2D eigenvalue weighted by Crippen LogP contribution is -2.46. The van der Waals surface area contributed by atoms with Gasteiger partial charge in [-0.05, 0) is 19.1 Å². The van der Waals surface area contributed by atoms with Crippen LogP contribution in [0.4, 0.5) is 0 Å². The Balaban J connectivity index is 2.04. The molecule has 1 N–H and O–H groups in total. The number of aryl methyl sites for hydroxylation is 1. The lowest BCUT2D eigenvalue weighted by atomic mass is 10.1. The minimum atomic E-state index is -0.908. The van der Waals surface area contributed by atoms with Crippen molar-refractivity contribution in [3.8, 4) is 0 Å². The number of morpholine rings is 1. The second-order valence-corrected chi connectivity index (χ2v) is 4.71. The summed E-state index contributed by atoms with van der Waals surface area (Å²) in [5.74, 6) is -0.975. The number of amides is 1. The average molecular weight is 263 g/mol. The smallest absolute Gasteiger partial charge is 0.306 e.